The molecule has 1 aliphatic rings. The van der Waals surface area contributed by atoms with E-state index in [-0.39, 0.29) is 5.54 Å². The fraction of sp³-hybridized carbons (Fsp3) is 0.647. The van der Waals surface area contributed by atoms with Gasteiger partial charge in [-0.2, -0.15) is 0 Å². The monoisotopic (exact) mass is 338 g/mol. The van der Waals surface area contributed by atoms with E-state index in [1.807, 2.05) is 0 Å². The largest absolute Gasteiger partial charge is 0.371 e. The van der Waals surface area contributed by atoms with E-state index >= 15 is 0 Å². The fourth-order valence-electron chi connectivity index (χ4n) is 2.57. The van der Waals surface area contributed by atoms with Crippen LogP contribution in [0.25, 0.3) is 0 Å². The summed E-state index contributed by atoms with van der Waals surface area (Å²) in [6.07, 6.45) is 1.28. The lowest BCUT2D eigenvalue weighted by atomic mass is 9.93. The molecule has 0 aliphatic carbocycles. The highest BCUT2D eigenvalue weighted by Crippen LogP contribution is 2.34. The molecule has 0 bridgehead atoms. The van der Waals surface area contributed by atoms with E-state index in [4.69, 9.17) is 0 Å². The van der Waals surface area contributed by atoms with E-state index in [0.717, 1.165) is 13.1 Å². The van der Waals surface area contributed by atoms with Crippen molar-refractivity contribution in [3.63, 3.8) is 0 Å². The molecule has 2 nitrogen and oxygen atoms in total. The van der Waals surface area contributed by atoms with Crippen LogP contribution in [0.4, 0.5) is 5.69 Å². The van der Waals surface area contributed by atoms with Gasteiger partial charge in [0.15, 0.2) is 0 Å². The van der Waals surface area contributed by atoms with Crippen LogP contribution >= 0.6 is 15.9 Å². The standard InChI is InChI=1S/C17H27BrN2/c1-16(2,3)19-11-13-6-7-14(10-15(13)18)20-9-8-17(4,5)12-20/h6-7,10,19H,8-9,11-12H2,1-5H3. The summed E-state index contributed by atoms with van der Waals surface area (Å²) in [7, 11) is 0. The zero-order valence-corrected chi connectivity index (χ0v) is 15.0. The average molecular weight is 339 g/mol. The lowest BCUT2D eigenvalue weighted by Gasteiger charge is -2.24. The Bertz CT molecular complexity index is 474. The van der Waals surface area contributed by atoms with Crippen molar-refractivity contribution < 1.29 is 0 Å². The van der Waals surface area contributed by atoms with E-state index in [0.29, 0.717) is 5.41 Å². The molecule has 0 atom stereocenters. The van der Waals surface area contributed by atoms with E-state index in [1.165, 1.54) is 28.7 Å². The van der Waals surface area contributed by atoms with Gasteiger partial charge in [0.25, 0.3) is 0 Å². The molecule has 1 aliphatic heterocycles. The van der Waals surface area contributed by atoms with Gasteiger partial charge in [-0.3, -0.25) is 0 Å². The number of benzene rings is 1. The molecule has 0 spiro atoms. The molecule has 0 amide bonds. The van der Waals surface area contributed by atoms with Gasteiger partial charge in [0.05, 0.1) is 0 Å². The molecular formula is C17H27BrN2. The van der Waals surface area contributed by atoms with E-state index < -0.39 is 0 Å². The van der Waals surface area contributed by atoms with Gasteiger partial charge in [-0.15, -0.1) is 0 Å². The van der Waals surface area contributed by atoms with Crippen LogP contribution in [0, 0.1) is 5.41 Å². The van der Waals surface area contributed by atoms with Crippen LogP contribution in [0.1, 0.15) is 46.6 Å². The van der Waals surface area contributed by atoms with Crippen LogP contribution in [0.5, 0.6) is 0 Å². The van der Waals surface area contributed by atoms with Crippen LogP contribution in [0.15, 0.2) is 22.7 Å². The normalized spacial score (nSPS) is 18.6. The molecule has 0 aromatic heterocycles. The quantitative estimate of drug-likeness (QED) is 0.868. The van der Waals surface area contributed by atoms with Crippen LogP contribution < -0.4 is 10.2 Å². The molecule has 1 aromatic rings. The Morgan fingerprint density at radius 1 is 1.30 bits per heavy atom. The van der Waals surface area contributed by atoms with Crippen molar-refractivity contribution in [2.75, 3.05) is 18.0 Å². The van der Waals surface area contributed by atoms with Gasteiger partial charge in [0, 0.05) is 35.3 Å². The Morgan fingerprint density at radius 3 is 2.50 bits per heavy atom. The minimum absolute atomic E-state index is 0.150. The molecule has 1 aromatic carbocycles. The maximum atomic E-state index is 3.72. The van der Waals surface area contributed by atoms with Crippen LogP contribution in [0.3, 0.4) is 0 Å². The van der Waals surface area contributed by atoms with Crippen LogP contribution in [-0.2, 0) is 6.54 Å². The molecule has 1 heterocycles. The van der Waals surface area contributed by atoms with E-state index in [1.54, 1.807) is 0 Å². The molecule has 112 valence electrons. The van der Waals surface area contributed by atoms with Gasteiger partial charge < -0.3 is 10.2 Å². The smallest absolute Gasteiger partial charge is 0.0377 e. The zero-order chi connectivity index (χ0) is 15.0. The zero-order valence-electron chi connectivity index (χ0n) is 13.4. The van der Waals surface area contributed by atoms with Crippen molar-refractivity contribution >= 4 is 21.6 Å². The summed E-state index contributed by atoms with van der Waals surface area (Å²) < 4.78 is 1.21. The van der Waals surface area contributed by atoms with Crippen molar-refractivity contribution in [1.82, 2.24) is 5.32 Å². The number of hydrogen-bond donors (Lipinski definition) is 1. The van der Waals surface area contributed by atoms with Gasteiger partial charge in [-0.05, 0) is 50.3 Å². The maximum absolute atomic E-state index is 3.72. The molecular weight excluding hydrogens is 312 g/mol. The predicted molar refractivity (Wildman–Crippen MR) is 91.3 cm³/mol. The molecule has 1 fully saturated rings. The molecule has 1 N–H and O–H groups in total. The van der Waals surface area contributed by atoms with Gasteiger partial charge >= 0.3 is 0 Å². The first kappa shape index (κ1) is 15.8. The molecule has 0 saturated carbocycles. The van der Waals surface area contributed by atoms with Gasteiger partial charge in [0.1, 0.15) is 0 Å². The number of nitrogens with zero attached hydrogens (tertiary/aromatic N) is 1. The topological polar surface area (TPSA) is 15.3 Å². The summed E-state index contributed by atoms with van der Waals surface area (Å²) in [5.74, 6) is 0. The van der Waals surface area contributed by atoms with Gasteiger partial charge in [-0.1, -0.05) is 35.8 Å². The number of rotatable bonds is 3. The maximum Gasteiger partial charge on any atom is 0.0377 e. The summed E-state index contributed by atoms with van der Waals surface area (Å²) in [5, 5.41) is 3.54. The number of hydrogen-bond acceptors (Lipinski definition) is 2. The summed E-state index contributed by atoms with van der Waals surface area (Å²) in [6, 6.07) is 6.76. The summed E-state index contributed by atoms with van der Waals surface area (Å²) >= 11 is 3.72. The summed E-state index contributed by atoms with van der Waals surface area (Å²) in [6.45, 7) is 14.5. The summed E-state index contributed by atoms with van der Waals surface area (Å²) in [4.78, 5) is 2.49. The molecule has 20 heavy (non-hydrogen) atoms. The third-order valence-electron chi connectivity index (χ3n) is 3.89. The van der Waals surface area contributed by atoms with Crippen LogP contribution in [-0.4, -0.2) is 18.6 Å². The molecule has 2 rings (SSSR count). The van der Waals surface area contributed by atoms with Gasteiger partial charge in [0.2, 0.25) is 0 Å². The first-order chi connectivity index (χ1) is 9.16. The summed E-state index contributed by atoms with van der Waals surface area (Å²) in [5.41, 5.74) is 3.25. The molecule has 0 unspecified atom stereocenters. The first-order valence-corrected chi connectivity index (χ1v) is 8.24. The van der Waals surface area contributed by atoms with Crippen molar-refractivity contribution in [2.24, 2.45) is 5.41 Å². The number of halogens is 1. The Labute approximate surface area is 132 Å². The number of nitrogens with one attached hydrogen (secondary N) is 1. The Morgan fingerprint density at radius 2 is 2.00 bits per heavy atom. The highest BCUT2D eigenvalue weighted by atomic mass is 79.9. The fourth-order valence-corrected chi connectivity index (χ4v) is 3.08. The second kappa shape index (κ2) is 5.69. The van der Waals surface area contributed by atoms with E-state index in [2.05, 4.69) is 79.0 Å². The minimum Gasteiger partial charge on any atom is -0.371 e. The predicted octanol–water partition coefficient (Wildman–Crippen LogP) is 4.57. The molecule has 1 saturated heterocycles. The number of anilines is 1. The highest BCUT2D eigenvalue weighted by Gasteiger charge is 2.29. The molecule has 0 radical (unpaired) electrons. The lowest BCUT2D eigenvalue weighted by Crippen LogP contribution is -2.35. The highest BCUT2D eigenvalue weighted by molar-refractivity contribution is 9.10. The Kier molecular flexibility index (Phi) is 4.50. The molecule has 3 heteroatoms. The SMILES string of the molecule is CC1(C)CCN(c2ccc(CNC(C)(C)C)c(Br)c2)C1. The third-order valence-corrected chi connectivity index (χ3v) is 4.63. The average Bonchev–Trinajstić information content (AvgIpc) is 2.67. The van der Waals surface area contributed by atoms with Crippen molar-refractivity contribution in [3.05, 3.63) is 28.2 Å². The van der Waals surface area contributed by atoms with Crippen LogP contribution in [0.2, 0.25) is 0 Å². The second-order valence-electron chi connectivity index (χ2n) is 7.72. The Balaban J connectivity index is 2.06. The minimum atomic E-state index is 0.150. The Hall–Kier alpha value is -0.540. The second-order valence-corrected chi connectivity index (χ2v) is 8.57. The third kappa shape index (κ3) is 4.23. The van der Waals surface area contributed by atoms with E-state index in [9.17, 15) is 0 Å². The lowest BCUT2D eigenvalue weighted by molar-refractivity contribution is 0.418. The first-order valence-electron chi connectivity index (χ1n) is 7.45. The van der Waals surface area contributed by atoms with Crippen molar-refractivity contribution in [2.45, 2.75) is 53.1 Å². The van der Waals surface area contributed by atoms with Crippen molar-refractivity contribution in [1.29, 1.82) is 0 Å². The van der Waals surface area contributed by atoms with Gasteiger partial charge in [-0.25, -0.2) is 0 Å². The van der Waals surface area contributed by atoms with Crippen molar-refractivity contribution in [3.8, 4) is 0 Å².